The minimum Gasteiger partial charge on any atom is -1.00 e. The van der Waals surface area contributed by atoms with E-state index in [1.165, 1.54) is 0 Å². The predicted octanol–water partition coefficient (Wildman–Crippen LogP) is 10.0. The highest BCUT2D eigenvalue weighted by molar-refractivity contribution is 5.96. The molecule has 0 heterocycles. The van der Waals surface area contributed by atoms with Crippen LogP contribution in [0.3, 0.4) is 0 Å². The van der Waals surface area contributed by atoms with Crippen LogP contribution in [-0.2, 0) is 45.4 Å². The Bertz CT molecular complexity index is 3280. The summed E-state index contributed by atoms with van der Waals surface area (Å²) in [6, 6.07) is 68.2. The molecule has 10 heteroatoms. The molecule has 0 atom stereocenters. The van der Waals surface area contributed by atoms with Crippen LogP contribution < -0.4 is 29.0 Å². The van der Waals surface area contributed by atoms with Crippen molar-refractivity contribution in [3.8, 4) is 0 Å². The van der Waals surface area contributed by atoms with Crippen LogP contribution in [0.15, 0.2) is 218 Å². The maximum absolute atomic E-state index is 13.2. The summed E-state index contributed by atoms with van der Waals surface area (Å²) in [7, 11) is 0. The molecule has 388 valence electrons. The Kier molecular flexibility index (Phi) is 21.2. The van der Waals surface area contributed by atoms with Crippen LogP contribution in [-0.4, -0.2) is 36.6 Å². The first-order valence-electron chi connectivity index (χ1n) is 25.4. The number of rotatable bonds is 22. The van der Waals surface area contributed by atoms with Gasteiger partial charge in [0.1, 0.15) is 32.6 Å². The van der Waals surface area contributed by atoms with Gasteiger partial charge in [-0.15, -0.1) is 0 Å². The highest BCUT2D eigenvalue weighted by Crippen LogP contribution is 2.33. The molecule has 8 rings (SSSR count). The number of carbonyl (C=O) groups is 4. The second-order valence-corrected chi connectivity index (χ2v) is 18.1. The second kappa shape index (κ2) is 29.0. The van der Waals surface area contributed by atoms with E-state index in [1.807, 2.05) is 177 Å². The maximum atomic E-state index is 13.2. The predicted molar refractivity (Wildman–Crippen MR) is 299 cm³/mol. The summed E-state index contributed by atoms with van der Waals surface area (Å²) in [5.74, 6) is -1.62. The molecule has 0 amide bonds. The van der Waals surface area contributed by atoms with Crippen molar-refractivity contribution in [3.63, 3.8) is 0 Å². The number of hydrogen-bond donors (Lipinski definition) is 1. The van der Waals surface area contributed by atoms with E-state index < -0.39 is 23.9 Å². The van der Waals surface area contributed by atoms with E-state index in [9.17, 15) is 19.2 Å². The summed E-state index contributed by atoms with van der Waals surface area (Å²) in [6.07, 6.45) is 4.05. The number of allylic oxidation sites excluding steroid dienone is 3. The normalized spacial score (nSPS) is 11.6. The molecule has 0 bridgehead atoms. The Labute approximate surface area is 468 Å². The van der Waals surface area contributed by atoms with Crippen molar-refractivity contribution in [2.45, 2.75) is 59.5 Å². The number of esters is 4. The quantitative estimate of drug-likeness (QED) is 0.0234. The van der Waals surface area contributed by atoms with Crippen LogP contribution in [0.25, 0.3) is 22.3 Å². The molecule has 8 aromatic carbocycles. The summed E-state index contributed by atoms with van der Waals surface area (Å²) >= 11 is 0. The molecule has 0 aliphatic heterocycles. The van der Waals surface area contributed by atoms with Crippen molar-refractivity contribution in [1.82, 2.24) is 0 Å². The van der Waals surface area contributed by atoms with Gasteiger partial charge in [-0.05, 0) is 130 Å². The van der Waals surface area contributed by atoms with Crippen molar-refractivity contribution in [1.29, 1.82) is 0 Å². The van der Waals surface area contributed by atoms with Crippen LogP contribution in [0.2, 0.25) is 0 Å². The van der Waals surface area contributed by atoms with Crippen molar-refractivity contribution in [2.24, 2.45) is 0 Å². The topological polar surface area (TPSA) is 119 Å². The Morgan fingerprint density at radius 3 is 0.948 bits per heavy atom. The summed E-state index contributed by atoms with van der Waals surface area (Å²) < 4.78 is 22.5. The third-order valence-corrected chi connectivity index (χ3v) is 12.9. The third kappa shape index (κ3) is 16.3. The van der Waals surface area contributed by atoms with Crippen LogP contribution >= 0.6 is 0 Å². The first-order chi connectivity index (χ1) is 37.2. The van der Waals surface area contributed by atoms with E-state index in [0.29, 0.717) is 48.1 Å². The van der Waals surface area contributed by atoms with Crippen LogP contribution in [0.5, 0.6) is 0 Å². The van der Waals surface area contributed by atoms with Crippen molar-refractivity contribution in [3.05, 3.63) is 285 Å². The molecular weight excluding hydrogens is 1070 g/mol. The SMILES string of the molecule is CC/C(=C(\CCC=[NH+]C/C(=C(\C)c1ccc(C(=O)OCc2ccccc2)cc1)c1ccc(C(=O)OCc2ccccc2)cc1)c1ccc(C(=O)OCc2ccccc2)cc1)c1ccc(C(=O)OCc2ccccc2)cc1.[I-]. The lowest BCUT2D eigenvalue weighted by Crippen LogP contribution is -3.00. The fraction of sp³-hybridized carbons (Fsp3) is 0.149. The van der Waals surface area contributed by atoms with Crippen molar-refractivity contribution < 1.29 is 67.1 Å². The maximum Gasteiger partial charge on any atom is 0.338 e. The number of benzene rings is 8. The average Bonchev–Trinajstić information content (AvgIpc) is 3.48. The number of hydrogen-bond acceptors (Lipinski definition) is 8. The molecule has 77 heavy (non-hydrogen) atoms. The zero-order valence-corrected chi connectivity index (χ0v) is 45.3. The highest BCUT2D eigenvalue weighted by Gasteiger charge is 2.18. The van der Waals surface area contributed by atoms with Crippen LogP contribution in [0, 0.1) is 0 Å². The summed E-state index contributed by atoms with van der Waals surface area (Å²) in [5.41, 5.74) is 13.4. The van der Waals surface area contributed by atoms with Gasteiger partial charge in [0.25, 0.3) is 0 Å². The van der Waals surface area contributed by atoms with Crippen molar-refractivity contribution >= 4 is 52.4 Å². The van der Waals surface area contributed by atoms with Gasteiger partial charge in [-0.25, -0.2) is 24.2 Å². The molecule has 0 aliphatic carbocycles. The fourth-order valence-electron chi connectivity index (χ4n) is 8.68. The Morgan fingerprint density at radius 1 is 0.364 bits per heavy atom. The largest absolute Gasteiger partial charge is 1.00 e. The molecule has 1 N–H and O–H groups in total. The minimum absolute atomic E-state index is 0. The average molecular weight is 1130 g/mol. The first kappa shape index (κ1) is 56.3. The number of nitrogens with one attached hydrogen (secondary N) is 1. The molecule has 8 aromatic rings. The molecule has 0 aromatic heterocycles. The smallest absolute Gasteiger partial charge is 0.338 e. The van der Waals surface area contributed by atoms with E-state index in [0.717, 1.165) is 66.8 Å². The van der Waals surface area contributed by atoms with Crippen LogP contribution in [0.1, 0.15) is 119 Å². The standard InChI is InChI=1S/C67H59NO8.HI/c1-3-61(54-28-36-58(37-29-54)65(70)74-45-50-19-10-5-11-20-50)62(55-30-38-59(39-31-55)66(71)75-46-51-21-12-6-13-22-51)25-16-42-68-43-63(56-32-40-60(41-33-56)67(72)76-47-52-23-14-7-15-24-52)48(2)53-26-34-57(35-27-53)64(69)73-44-49-17-8-4-9-18-49;/h4-15,17-24,26-42H,3,16,25,43-47H2,1-2H3;1H/b62-61-,63-48-,68-42?;. The summed E-state index contributed by atoms with van der Waals surface area (Å²) in [6.45, 7) is 5.32. The zero-order valence-electron chi connectivity index (χ0n) is 43.2. The molecule has 0 unspecified atom stereocenters. The monoisotopic (exact) mass is 1130 g/mol. The molecule has 0 aliphatic rings. The highest BCUT2D eigenvalue weighted by atomic mass is 127. The van der Waals surface area contributed by atoms with E-state index in [2.05, 4.69) is 18.1 Å². The lowest BCUT2D eigenvalue weighted by Gasteiger charge is -2.16. The summed E-state index contributed by atoms with van der Waals surface area (Å²) in [4.78, 5) is 56.0. The molecule has 0 saturated heterocycles. The number of halogens is 1. The van der Waals surface area contributed by atoms with Gasteiger partial charge in [0.15, 0.2) is 6.54 Å². The van der Waals surface area contributed by atoms with E-state index in [-0.39, 0.29) is 50.4 Å². The second-order valence-electron chi connectivity index (χ2n) is 18.1. The third-order valence-electron chi connectivity index (χ3n) is 12.9. The summed E-state index contributed by atoms with van der Waals surface area (Å²) in [5, 5.41) is 0. The van der Waals surface area contributed by atoms with E-state index >= 15 is 0 Å². The molecule has 9 nitrogen and oxygen atoms in total. The van der Waals surface area contributed by atoms with Gasteiger partial charge in [-0.2, -0.15) is 0 Å². The lowest BCUT2D eigenvalue weighted by atomic mass is 9.89. The first-order valence-corrected chi connectivity index (χ1v) is 25.4. The Hall–Kier alpha value is -8.48. The zero-order chi connectivity index (χ0) is 52.9. The molecule has 0 radical (unpaired) electrons. The van der Waals surface area contributed by atoms with Gasteiger partial charge in [0.05, 0.1) is 22.3 Å². The van der Waals surface area contributed by atoms with Gasteiger partial charge in [0.2, 0.25) is 0 Å². The van der Waals surface area contributed by atoms with Gasteiger partial charge >= 0.3 is 23.9 Å². The van der Waals surface area contributed by atoms with Crippen LogP contribution in [0.4, 0.5) is 0 Å². The Morgan fingerprint density at radius 2 is 0.636 bits per heavy atom. The molecule has 0 fully saturated rings. The van der Waals surface area contributed by atoms with Gasteiger partial charge < -0.3 is 42.9 Å². The van der Waals surface area contributed by atoms with Gasteiger partial charge in [-0.1, -0.05) is 177 Å². The number of carbonyl (C=O) groups excluding carboxylic acids is 4. The molecule has 0 spiro atoms. The lowest BCUT2D eigenvalue weighted by molar-refractivity contribution is -0.437. The van der Waals surface area contributed by atoms with Gasteiger partial charge in [0, 0.05) is 12.0 Å². The Balaban J connectivity index is 0.00000861. The molecular formula is C67H60INO8. The number of ether oxygens (including phenoxy) is 4. The molecule has 0 saturated carbocycles. The van der Waals surface area contributed by atoms with Crippen molar-refractivity contribution in [2.75, 3.05) is 6.54 Å². The fourth-order valence-corrected chi connectivity index (χ4v) is 8.68. The van der Waals surface area contributed by atoms with Gasteiger partial charge in [-0.3, -0.25) is 0 Å². The van der Waals surface area contributed by atoms with E-state index in [4.69, 9.17) is 18.9 Å². The van der Waals surface area contributed by atoms with E-state index in [1.54, 1.807) is 48.5 Å². The minimum atomic E-state index is -0.413.